The van der Waals surface area contributed by atoms with Crippen LogP contribution in [0.3, 0.4) is 0 Å². The number of likely N-dealkylation sites (N-methyl/N-ethyl adjacent to an activating group) is 1. The number of aryl methyl sites for hydroxylation is 1. The molecule has 0 radical (unpaired) electrons. The van der Waals surface area contributed by atoms with Crippen molar-refractivity contribution in [3.8, 4) is 0 Å². The topological polar surface area (TPSA) is 12.0 Å². The highest BCUT2D eigenvalue weighted by Gasteiger charge is 2.14. The molecule has 0 heterocycles. The lowest BCUT2D eigenvalue weighted by Crippen LogP contribution is -2.20. The number of rotatable bonds is 4. The molecule has 1 N–H and O–H groups in total. The monoisotopic (exact) mass is 261 g/mol. The summed E-state index contributed by atoms with van der Waals surface area (Å²) in [4.78, 5) is 0. The first-order valence-electron chi connectivity index (χ1n) is 6.28. The molecule has 0 bridgehead atoms. The number of hydrogen-bond donors (Lipinski definition) is 1. The van der Waals surface area contributed by atoms with Gasteiger partial charge < -0.3 is 5.32 Å². The number of nitrogens with one attached hydrogen (secondary N) is 1. The van der Waals surface area contributed by atoms with Gasteiger partial charge >= 0.3 is 0 Å². The van der Waals surface area contributed by atoms with E-state index in [2.05, 4.69) is 5.32 Å². The largest absolute Gasteiger partial charge is 0.313 e. The quantitative estimate of drug-likeness (QED) is 0.883. The Bertz CT molecular complexity index is 549. The minimum absolute atomic E-state index is 0.120. The third-order valence-electron chi connectivity index (χ3n) is 3.23. The highest BCUT2D eigenvalue weighted by atomic mass is 19.1. The molecule has 0 amide bonds. The van der Waals surface area contributed by atoms with Crippen molar-refractivity contribution >= 4 is 0 Å². The number of hydrogen-bond acceptors (Lipinski definition) is 1. The van der Waals surface area contributed by atoms with Crippen molar-refractivity contribution in [1.29, 1.82) is 0 Å². The van der Waals surface area contributed by atoms with E-state index in [1.807, 2.05) is 13.0 Å². The predicted octanol–water partition coefficient (Wildman–Crippen LogP) is 3.78. The molecule has 0 saturated carbocycles. The lowest BCUT2D eigenvalue weighted by molar-refractivity contribution is 0.533. The smallest absolute Gasteiger partial charge is 0.128 e. The number of halogens is 2. The van der Waals surface area contributed by atoms with Crippen LogP contribution in [0.1, 0.15) is 22.7 Å². The van der Waals surface area contributed by atoms with Crippen LogP contribution >= 0.6 is 0 Å². The molecule has 0 aliphatic rings. The molecule has 0 spiro atoms. The highest BCUT2D eigenvalue weighted by molar-refractivity contribution is 5.29. The predicted molar refractivity (Wildman–Crippen MR) is 73.0 cm³/mol. The van der Waals surface area contributed by atoms with E-state index < -0.39 is 0 Å². The summed E-state index contributed by atoms with van der Waals surface area (Å²) in [6, 6.07) is 11.3. The van der Waals surface area contributed by atoms with E-state index in [-0.39, 0.29) is 17.7 Å². The summed E-state index contributed by atoms with van der Waals surface area (Å²) in [7, 11) is 1.80. The molecule has 2 aromatic carbocycles. The minimum atomic E-state index is -0.258. The highest BCUT2D eigenvalue weighted by Crippen LogP contribution is 2.22. The molecular formula is C16H17F2N. The third-order valence-corrected chi connectivity index (χ3v) is 3.23. The minimum Gasteiger partial charge on any atom is -0.313 e. The average Bonchev–Trinajstić information content (AvgIpc) is 2.41. The van der Waals surface area contributed by atoms with Gasteiger partial charge in [0.15, 0.2) is 0 Å². The Kier molecular flexibility index (Phi) is 4.27. The van der Waals surface area contributed by atoms with Crippen molar-refractivity contribution in [2.75, 3.05) is 7.05 Å². The summed E-state index contributed by atoms with van der Waals surface area (Å²) < 4.78 is 26.7. The zero-order valence-electron chi connectivity index (χ0n) is 11.1. The Morgan fingerprint density at radius 2 is 1.74 bits per heavy atom. The summed E-state index contributed by atoms with van der Waals surface area (Å²) in [5.41, 5.74) is 2.64. The molecule has 3 heteroatoms. The van der Waals surface area contributed by atoms with E-state index in [4.69, 9.17) is 0 Å². The van der Waals surface area contributed by atoms with Gasteiger partial charge in [0.05, 0.1) is 0 Å². The molecule has 2 rings (SSSR count). The average molecular weight is 261 g/mol. The van der Waals surface area contributed by atoms with Gasteiger partial charge in [-0.2, -0.15) is 0 Å². The molecule has 0 aliphatic heterocycles. The fraction of sp³-hybridized carbons (Fsp3) is 0.250. The first-order chi connectivity index (χ1) is 9.10. The first kappa shape index (κ1) is 13.7. The van der Waals surface area contributed by atoms with E-state index in [9.17, 15) is 8.78 Å². The molecule has 0 aromatic heterocycles. The summed E-state index contributed by atoms with van der Waals surface area (Å²) in [6.45, 7) is 1.94. The second-order valence-electron chi connectivity index (χ2n) is 4.70. The third kappa shape index (κ3) is 3.38. The molecule has 100 valence electrons. The fourth-order valence-corrected chi connectivity index (χ4v) is 2.15. The Labute approximate surface area is 112 Å². The normalized spacial score (nSPS) is 12.4. The maximum absolute atomic E-state index is 13.9. The van der Waals surface area contributed by atoms with Crippen LogP contribution < -0.4 is 5.32 Å². The molecule has 0 fully saturated rings. The molecule has 1 unspecified atom stereocenters. The van der Waals surface area contributed by atoms with E-state index >= 15 is 0 Å². The van der Waals surface area contributed by atoms with Gasteiger partial charge in [-0.25, -0.2) is 8.78 Å². The Morgan fingerprint density at radius 1 is 1.05 bits per heavy atom. The van der Waals surface area contributed by atoms with E-state index in [0.29, 0.717) is 12.0 Å². The zero-order valence-corrected chi connectivity index (χ0v) is 11.1. The summed E-state index contributed by atoms with van der Waals surface area (Å²) in [5.74, 6) is -0.474. The standard InChI is InChI=1S/C16H17F2N/c1-11-3-8-15(18)14(9-11)16(19-2)10-12-4-6-13(17)7-5-12/h3-9,16,19H,10H2,1-2H3. The van der Waals surface area contributed by atoms with Gasteiger partial charge in [-0.15, -0.1) is 0 Å². The van der Waals surface area contributed by atoms with Crippen LogP contribution in [0.25, 0.3) is 0 Å². The molecule has 0 saturated heterocycles. The molecule has 2 aromatic rings. The summed E-state index contributed by atoms with van der Waals surface area (Å²) in [6.07, 6.45) is 0.622. The maximum atomic E-state index is 13.9. The number of benzene rings is 2. The summed E-state index contributed by atoms with van der Waals surface area (Å²) in [5, 5.41) is 3.12. The lowest BCUT2D eigenvalue weighted by Gasteiger charge is -2.18. The Morgan fingerprint density at radius 3 is 2.37 bits per heavy atom. The van der Waals surface area contributed by atoms with Gasteiger partial charge in [-0.1, -0.05) is 29.8 Å². The van der Waals surface area contributed by atoms with Crippen molar-refractivity contribution < 1.29 is 8.78 Å². The molecule has 1 atom stereocenters. The van der Waals surface area contributed by atoms with Gasteiger partial charge in [0, 0.05) is 11.6 Å². The molecular weight excluding hydrogens is 244 g/mol. The SMILES string of the molecule is CNC(Cc1ccc(F)cc1)c1cc(C)ccc1F. The van der Waals surface area contributed by atoms with Crippen LogP contribution in [0.5, 0.6) is 0 Å². The zero-order chi connectivity index (χ0) is 13.8. The van der Waals surface area contributed by atoms with Crippen LogP contribution in [0.15, 0.2) is 42.5 Å². The fourth-order valence-electron chi connectivity index (χ4n) is 2.15. The van der Waals surface area contributed by atoms with Crippen LogP contribution in [-0.2, 0) is 6.42 Å². The molecule has 0 aliphatic carbocycles. The lowest BCUT2D eigenvalue weighted by atomic mass is 9.97. The van der Waals surface area contributed by atoms with E-state index in [0.717, 1.165) is 11.1 Å². The van der Waals surface area contributed by atoms with Crippen molar-refractivity contribution in [3.05, 3.63) is 70.8 Å². The second-order valence-corrected chi connectivity index (χ2v) is 4.70. The van der Waals surface area contributed by atoms with Gasteiger partial charge in [0.2, 0.25) is 0 Å². The van der Waals surface area contributed by atoms with Crippen LogP contribution in [0, 0.1) is 18.6 Å². The van der Waals surface area contributed by atoms with Gasteiger partial charge in [0.1, 0.15) is 11.6 Å². The maximum Gasteiger partial charge on any atom is 0.128 e. The summed E-state index contributed by atoms with van der Waals surface area (Å²) >= 11 is 0. The Balaban J connectivity index is 2.24. The van der Waals surface area contributed by atoms with Crippen LogP contribution in [-0.4, -0.2) is 7.05 Å². The van der Waals surface area contributed by atoms with Crippen LogP contribution in [0.2, 0.25) is 0 Å². The van der Waals surface area contributed by atoms with E-state index in [1.54, 1.807) is 25.2 Å². The van der Waals surface area contributed by atoms with Crippen molar-refractivity contribution in [2.45, 2.75) is 19.4 Å². The second kappa shape index (κ2) is 5.93. The van der Waals surface area contributed by atoms with Gasteiger partial charge in [0.25, 0.3) is 0 Å². The van der Waals surface area contributed by atoms with Gasteiger partial charge in [-0.3, -0.25) is 0 Å². The molecule has 1 nitrogen and oxygen atoms in total. The van der Waals surface area contributed by atoms with Crippen molar-refractivity contribution in [2.24, 2.45) is 0 Å². The van der Waals surface area contributed by atoms with E-state index in [1.165, 1.54) is 18.2 Å². The first-order valence-corrected chi connectivity index (χ1v) is 6.28. The van der Waals surface area contributed by atoms with Gasteiger partial charge in [-0.05, 0) is 44.2 Å². The van der Waals surface area contributed by atoms with Crippen molar-refractivity contribution in [1.82, 2.24) is 5.32 Å². The molecule has 19 heavy (non-hydrogen) atoms. The Hall–Kier alpha value is -1.74. The van der Waals surface area contributed by atoms with Crippen LogP contribution in [0.4, 0.5) is 8.78 Å². The van der Waals surface area contributed by atoms with Crippen molar-refractivity contribution in [3.63, 3.8) is 0 Å².